The van der Waals surface area contributed by atoms with Crippen LogP contribution in [0.5, 0.6) is 5.75 Å². The standard InChI is InChI=1S/C24H18N2O4/c1-29-18-8-7-16(22-15(18)9-11-30-22)19-20(24(28)25-23(19)27)17-12-26-10-3-5-13-4-2-6-14(17)21(13)26/h2,4,6-9,11-12H,3,5,10H2,1H3,(H,25,27,28). The third-order valence-corrected chi connectivity index (χ3v) is 6.09. The number of methoxy groups -OCH3 is 1. The van der Waals surface area contributed by atoms with Crippen LogP contribution in [0.2, 0.25) is 0 Å². The van der Waals surface area contributed by atoms with E-state index in [1.165, 1.54) is 5.56 Å². The van der Waals surface area contributed by atoms with Gasteiger partial charge in [0.05, 0.1) is 35.4 Å². The number of benzene rings is 2. The van der Waals surface area contributed by atoms with Crippen LogP contribution in [0.15, 0.2) is 53.3 Å². The molecule has 4 heterocycles. The van der Waals surface area contributed by atoms with E-state index in [9.17, 15) is 9.59 Å². The Morgan fingerprint density at radius 3 is 2.67 bits per heavy atom. The molecule has 0 bridgehead atoms. The molecule has 0 radical (unpaired) electrons. The number of rotatable bonds is 3. The Balaban J connectivity index is 1.68. The summed E-state index contributed by atoms with van der Waals surface area (Å²) in [6.45, 7) is 0.899. The second-order valence-corrected chi connectivity index (χ2v) is 7.67. The average Bonchev–Trinajstić information content (AvgIpc) is 3.45. The highest BCUT2D eigenvalue weighted by Crippen LogP contribution is 2.41. The van der Waals surface area contributed by atoms with Crippen LogP contribution in [-0.4, -0.2) is 23.5 Å². The van der Waals surface area contributed by atoms with Crippen LogP contribution in [0.1, 0.15) is 23.1 Å². The number of para-hydroxylation sites is 1. The fraction of sp³-hybridized carbons (Fsp3) is 0.167. The van der Waals surface area contributed by atoms with Crippen LogP contribution in [0.3, 0.4) is 0 Å². The molecule has 0 aliphatic carbocycles. The van der Waals surface area contributed by atoms with E-state index in [1.807, 2.05) is 18.3 Å². The zero-order chi connectivity index (χ0) is 20.4. The number of aryl methyl sites for hydroxylation is 2. The molecule has 4 aromatic rings. The highest BCUT2D eigenvalue weighted by atomic mass is 16.5. The summed E-state index contributed by atoms with van der Waals surface area (Å²) in [7, 11) is 1.59. The molecule has 2 aromatic carbocycles. The summed E-state index contributed by atoms with van der Waals surface area (Å²) in [6.07, 6.45) is 5.64. The highest BCUT2D eigenvalue weighted by Gasteiger charge is 2.35. The molecule has 30 heavy (non-hydrogen) atoms. The second-order valence-electron chi connectivity index (χ2n) is 7.67. The lowest BCUT2D eigenvalue weighted by atomic mass is 9.94. The third kappa shape index (κ3) is 2.19. The molecule has 6 heteroatoms. The van der Waals surface area contributed by atoms with Gasteiger partial charge in [0.1, 0.15) is 11.3 Å². The van der Waals surface area contributed by atoms with Crippen molar-refractivity contribution in [3.63, 3.8) is 0 Å². The first-order valence-electron chi connectivity index (χ1n) is 9.93. The maximum Gasteiger partial charge on any atom is 0.259 e. The zero-order valence-electron chi connectivity index (χ0n) is 16.3. The number of amides is 2. The summed E-state index contributed by atoms with van der Waals surface area (Å²) in [4.78, 5) is 25.9. The summed E-state index contributed by atoms with van der Waals surface area (Å²) in [5, 5.41) is 4.24. The molecule has 2 aliphatic heterocycles. The molecular weight excluding hydrogens is 380 g/mol. The van der Waals surface area contributed by atoms with E-state index in [-0.39, 0.29) is 5.91 Å². The number of aromatic nitrogens is 1. The summed E-state index contributed by atoms with van der Waals surface area (Å²) in [6, 6.07) is 11.5. The maximum absolute atomic E-state index is 13.0. The predicted octanol–water partition coefficient (Wildman–Crippen LogP) is 3.91. The second kappa shape index (κ2) is 6.10. The fourth-order valence-electron chi connectivity index (χ4n) is 4.84. The van der Waals surface area contributed by atoms with Crippen molar-refractivity contribution in [3.8, 4) is 5.75 Å². The van der Waals surface area contributed by atoms with Crippen LogP contribution < -0.4 is 10.1 Å². The average molecular weight is 398 g/mol. The first-order chi connectivity index (χ1) is 14.7. The quantitative estimate of drug-likeness (QED) is 0.531. The molecule has 0 saturated heterocycles. The van der Waals surface area contributed by atoms with Gasteiger partial charge in [-0.3, -0.25) is 14.9 Å². The number of fused-ring (bicyclic) bond motifs is 1. The van der Waals surface area contributed by atoms with E-state index in [4.69, 9.17) is 9.15 Å². The Kier molecular flexibility index (Phi) is 3.47. The molecule has 0 saturated carbocycles. The number of ether oxygens (including phenoxy) is 1. The monoisotopic (exact) mass is 398 g/mol. The van der Waals surface area contributed by atoms with Gasteiger partial charge in [-0.2, -0.15) is 0 Å². The van der Waals surface area contributed by atoms with E-state index in [0.29, 0.717) is 28.0 Å². The summed E-state index contributed by atoms with van der Waals surface area (Å²) >= 11 is 0. The lowest BCUT2D eigenvalue weighted by Crippen LogP contribution is -2.22. The lowest BCUT2D eigenvalue weighted by Gasteiger charge is -2.14. The minimum Gasteiger partial charge on any atom is -0.496 e. The van der Waals surface area contributed by atoms with Gasteiger partial charge in [0.2, 0.25) is 0 Å². The van der Waals surface area contributed by atoms with Crippen LogP contribution in [0.4, 0.5) is 0 Å². The molecule has 0 spiro atoms. The van der Waals surface area contributed by atoms with Crippen molar-refractivity contribution in [2.24, 2.45) is 0 Å². The smallest absolute Gasteiger partial charge is 0.259 e. The lowest BCUT2D eigenvalue weighted by molar-refractivity contribution is -0.122. The van der Waals surface area contributed by atoms with Crippen LogP contribution in [0.25, 0.3) is 33.0 Å². The Labute approximate surface area is 171 Å². The number of nitrogens with one attached hydrogen (secondary N) is 1. The number of carbonyl (C=O) groups excluding carboxylic acids is 2. The van der Waals surface area contributed by atoms with Crippen molar-refractivity contribution >= 4 is 44.8 Å². The van der Waals surface area contributed by atoms with Crippen molar-refractivity contribution in [2.45, 2.75) is 19.4 Å². The molecule has 6 rings (SSSR count). The number of hydrogen-bond acceptors (Lipinski definition) is 4. The van der Waals surface area contributed by atoms with Crippen LogP contribution in [-0.2, 0) is 22.6 Å². The minimum absolute atomic E-state index is 0.339. The third-order valence-electron chi connectivity index (χ3n) is 6.09. The van der Waals surface area contributed by atoms with E-state index < -0.39 is 5.91 Å². The van der Waals surface area contributed by atoms with Gasteiger partial charge in [0.15, 0.2) is 0 Å². The van der Waals surface area contributed by atoms with Crippen LogP contribution in [0, 0.1) is 0 Å². The largest absolute Gasteiger partial charge is 0.496 e. The Morgan fingerprint density at radius 1 is 1.00 bits per heavy atom. The summed E-state index contributed by atoms with van der Waals surface area (Å²) < 4.78 is 13.3. The van der Waals surface area contributed by atoms with Gasteiger partial charge >= 0.3 is 0 Å². The molecule has 2 amide bonds. The van der Waals surface area contributed by atoms with Gasteiger partial charge in [-0.05, 0) is 36.6 Å². The van der Waals surface area contributed by atoms with E-state index in [0.717, 1.165) is 41.2 Å². The van der Waals surface area contributed by atoms with Crippen molar-refractivity contribution < 1.29 is 18.7 Å². The molecule has 0 fully saturated rings. The Hall–Kier alpha value is -3.80. The number of nitrogens with zero attached hydrogens (tertiary/aromatic N) is 1. The Bertz CT molecular complexity index is 1420. The van der Waals surface area contributed by atoms with E-state index in [2.05, 4.69) is 16.0 Å². The number of hydrogen-bond donors (Lipinski definition) is 1. The van der Waals surface area contributed by atoms with Crippen LogP contribution >= 0.6 is 0 Å². The van der Waals surface area contributed by atoms with Gasteiger partial charge < -0.3 is 13.7 Å². The molecule has 148 valence electrons. The summed E-state index contributed by atoms with van der Waals surface area (Å²) in [5.41, 5.74) is 5.05. The van der Waals surface area contributed by atoms with Gasteiger partial charge in [0.25, 0.3) is 11.8 Å². The Morgan fingerprint density at radius 2 is 1.83 bits per heavy atom. The van der Waals surface area contributed by atoms with Gasteiger partial charge in [0, 0.05) is 29.3 Å². The number of imide groups is 1. The summed E-state index contributed by atoms with van der Waals surface area (Å²) in [5.74, 6) is -0.138. The minimum atomic E-state index is -0.412. The van der Waals surface area contributed by atoms with Gasteiger partial charge in [-0.1, -0.05) is 18.2 Å². The maximum atomic E-state index is 13.0. The fourth-order valence-corrected chi connectivity index (χ4v) is 4.84. The van der Waals surface area contributed by atoms with Crippen molar-refractivity contribution in [1.82, 2.24) is 9.88 Å². The van der Waals surface area contributed by atoms with Crippen molar-refractivity contribution in [1.29, 1.82) is 0 Å². The predicted molar refractivity (Wildman–Crippen MR) is 113 cm³/mol. The molecule has 2 aliphatic rings. The first-order valence-corrected chi connectivity index (χ1v) is 9.93. The van der Waals surface area contributed by atoms with Crippen molar-refractivity contribution in [3.05, 3.63) is 65.5 Å². The normalized spacial score (nSPS) is 16.0. The SMILES string of the molecule is COc1ccc(C2=C(c3cn4c5c(cccc35)CCC4)C(=O)NC2=O)c2occc12. The topological polar surface area (TPSA) is 73.5 Å². The molecule has 1 N–H and O–H groups in total. The molecule has 6 nitrogen and oxygen atoms in total. The van der Waals surface area contributed by atoms with Gasteiger partial charge in [-0.25, -0.2) is 0 Å². The molecule has 0 atom stereocenters. The van der Waals surface area contributed by atoms with Crippen molar-refractivity contribution in [2.75, 3.05) is 7.11 Å². The number of carbonyl (C=O) groups is 2. The first kappa shape index (κ1) is 17.1. The highest BCUT2D eigenvalue weighted by molar-refractivity contribution is 6.50. The van der Waals surface area contributed by atoms with Gasteiger partial charge in [-0.15, -0.1) is 0 Å². The number of furan rings is 1. The molecule has 2 aromatic heterocycles. The van der Waals surface area contributed by atoms with E-state index >= 15 is 0 Å². The zero-order valence-corrected chi connectivity index (χ0v) is 16.3. The molecule has 0 unspecified atom stereocenters. The van der Waals surface area contributed by atoms with E-state index in [1.54, 1.807) is 31.6 Å². The molecular formula is C24H18N2O4.